The second-order valence-corrected chi connectivity index (χ2v) is 3.70. The van der Waals surface area contributed by atoms with Gasteiger partial charge in [0, 0.05) is 0 Å². The van der Waals surface area contributed by atoms with Gasteiger partial charge in [-0.15, -0.1) is 0 Å². The minimum absolute atomic E-state index is 0.0113. The Bertz CT molecular complexity index is 148. The monoisotopic (exact) mass is 170 g/mol. The summed E-state index contributed by atoms with van der Waals surface area (Å²) in [6, 6.07) is 0. The van der Waals surface area contributed by atoms with Gasteiger partial charge in [0.1, 0.15) is 0 Å². The molecular weight excluding hydrogens is 152 g/mol. The van der Waals surface area contributed by atoms with Crippen LogP contribution in [0.5, 0.6) is 0 Å². The van der Waals surface area contributed by atoms with Crippen molar-refractivity contribution < 1.29 is 9.53 Å². The van der Waals surface area contributed by atoms with Gasteiger partial charge in [-0.05, 0) is 18.8 Å². The minimum Gasteiger partial charge on any atom is -0.469 e. The number of carbonyl (C=O) groups excluding carboxylic acids is 1. The third kappa shape index (κ3) is 2.23. The Balaban J connectivity index is 2.07. The number of rotatable bonds is 4. The maximum Gasteiger partial charge on any atom is 0.308 e. The molecular formula is C10H18O2. The lowest BCUT2D eigenvalue weighted by Gasteiger charge is -2.33. The van der Waals surface area contributed by atoms with E-state index in [4.69, 9.17) is 0 Å². The van der Waals surface area contributed by atoms with E-state index in [1.807, 2.05) is 0 Å². The lowest BCUT2D eigenvalue weighted by Crippen LogP contribution is -2.31. The number of esters is 1. The second-order valence-electron chi connectivity index (χ2n) is 3.70. The Morgan fingerprint density at radius 2 is 2.17 bits per heavy atom. The molecule has 0 spiro atoms. The highest BCUT2D eigenvalue weighted by Crippen LogP contribution is 2.37. The Morgan fingerprint density at radius 3 is 2.67 bits per heavy atom. The van der Waals surface area contributed by atoms with Gasteiger partial charge in [-0.3, -0.25) is 4.79 Å². The van der Waals surface area contributed by atoms with Crippen LogP contribution in [0, 0.1) is 11.8 Å². The van der Waals surface area contributed by atoms with E-state index in [1.54, 1.807) is 0 Å². The average molecular weight is 170 g/mol. The topological polar surface area (TPSA) is 26.3 Å². The summed E-state index contributed by atoms with van der Waals surface area (Å²) in [4.78, 5) is 11.0. The lowest BCUT2D eigenvalue weighted by atomic mass is 9.73. The highest BCUT2D eigenvalue weighted by Gasteiger charge is 2.34. The summed E-state index contributed by atoms with van der Waals surface area (Å²) >= 11 is 0. The molecule has 0 radical (unpaired) electrons. The molecule has 0 heterocycles. The van der Waals surface area contributed by atoms with Crippen molar-refractivity contribution in [1.82, 2.24) is 0 Å². The van der Waals surface area contributed by atoms with Gasteiger partial charge in [0.25, 0.3) is 0 Å². The summed E-state index contributed by atoms with van der Waals surface area (Å²) in [5.74, 6) is 1.01. The summed E-state index contributed by atoms with van der Waals surface area (Å²) in [7, 11) is 1.47. The van der Waals surface area contributed by atoms with Gasteiger partial charge in [0.2, 0.25) is 0 Å². The second kappa shape index (κ2) is 4.48. The standard InChI is InChI=1S/C10H18O2/c1-3-4-5-8-6-9(7-8)10(11)12-2/h8-9H,3-7H2,1-2H3. The number of hydrogen-bond acceptors (Lipinski definition) is 2. The molecule has 1 aliphatic carbocycles. The fourth-order valence-corrected chi connectivity index (χ4v) is 1.82. The molecule has 0 saturated heterocycles. The molecule has 0 N–H and O–H groups in total. The van der Waals surface area contributed by atoms with Crippen molar-refractivity contribution in [3.8, 4) is 0 Å². The molecule has 0 bridgehead atoms. The fourth-order valence-electron chi connectivity index (χ4n) is 1.82. The summed E-state index contributed by atoms with van der Waals surface area (Å²) < 4.78 is 4.67. The van der Waals surface area contributed by atoms with Crippen LogP contribution >= 0.6 is 0 Å². The molecule has 70 valence electrons. The number of ether oxygens (including phenoxy) is 1. The van der Waals surface area contributed by atoms with E-state index >= 15 is 0 Å². The van der Waals surface area contributed by atoms with Crippen LogP contribution in [0.2, 0.25) is 0 Å². The molecule has 12 heavy (non-hydrogen) atoms. The zero-order chi connectivity index (χ0) is 8.97. The van der Waals surface area contributed by atoms with E-state index in [0.29, 0.717) is 0 Å². The Labute approximate surface area is 74.3 Å². The highest BCUT2D eigenvalue weighted by atomic mass is 16.5. The lowest BCUT2D eigenvalue weighted by molar-refractivity contribution is -0.150. The first-order valence-electron chi connectivity index (χ1n) is 4.85. The van der Waals surface area contributed by atoms with E-state index in [2.05, 4.69) is 11.7 Å². The Morgan fingerprint density at radius 1 is 1.50 bits per heavy atom. The fraction of sp³-hybridized carbons (Fsp3) is 0.900. The molecule has 1 saturated carbocycles. The average Bonchev–Trinajstić information content (AvgIpc) is 2.01. The van der Waals surface area contributed by atoms with Gasteiger partial charge in [0.05, 0.1) is 13.0 Å². The van der Waals surface area contributed by atoms with Crippen molar-refractivity contribution in [2.24, 2.45) is 11.8 Å². The molecule has 1 rings (SSSR count). The van der Waals surface area contributed by atoms with Crippen LogP contribution in [0.4, 0.5) is 0 Å². The smallest absolute Gasteiger partial charge is 0.308 e. The molecule has 0 atom stereocenters. The van der Waals surface area contributed by atoms with Crippen molar-refractivity contribution in [2.45, 2.75) is 39.0 Å². The van der Waals surface area contributed by atoms with E-state index < -0.39 is 0 Å². The predicted molar refractivity (Wildman–Crippen MR) is 47.8 cm³/mol. The van der Waals surface area contributed by atoms with Crippen LogP contribution in [-0.4, -0.2) is 13.1 Å². The number of carbonyl (C=O) groups is 1. The number of hydrogen-bond donors (Lipinski definition) is 0. The maximum absolute atomic E-state index is 11.0. The van der Waals surface area contributed by atoms with Gasteiger partial charge in [-0.1, -0.05) is 26.2 Å². The van der Waals surface area contributed by atoms with E-state index in [0.717, 1.165) is 18.8 Å². The first kappa shape index (κ1) is 9.56. The molecule has 1 aliphatic rings. The number of methoxy groups -OCH3 is 1. The molecule has 0 aromatic rings. The first-order valence-corrected chi connectivity index (χ1v) is 4.85. The summed E-state index contributed by atoms with van der Waals surface area (Å²) in [5, 5.41) is 0. The van der Waals surface area contributed by atoms with Gasteiger partial charge >= 0.3 is 5.97 Å². The highest BCUT2D eigenvalue weighted by molar-refractivity contribution is 5.73. The van der Waals surface area contributed by atoms with E-state index in [9.17, 15) is 4.79 Å². The third-order valence-corrected chi connectivity index (χ3v) is 2.74. The minimum atomic E-state index is -0.0113. The normalized spacial score (nSPS) is 27.8. The Kier molecular flexibility index (Phi) is 3.57. The summed E-state index contributed by atoms with van der Waals surface area (Å²) in [5.41, 5.74) is 0. The molecule has 0 aromatic carbocycles. The van der Waals surface area contributed by atoms with Crippen LogP contribution < -0.4 is 0 Å². The molecule has 2 nitrogen and oxygen atoms in total. The third-order valence-electron chi connectivity index (χ3n) is 2.74. The van der Waals surface area contributed by atoms with Crippen LogP contribution in [0.1, 0.15) is 39.0 Å². The predicted octanol–water partition coefficient (Wildman–Crippen LogP) is 2.38. The summed E-state index contributed by atoms with van der Waals surface area (Å²) in [6.07, 6.45) is 5.99. The maximum atomic E-state index is 11.0. The zero-order valence-corrected chi connectivity index (χ0v) is 8.01. The van der Waals surface area contributed by atoms with Gasteiger partial charge < -0.3 is 4.74 Å². The SMILES string of the molecule is CCCCC1CC(C(=O)OC)C1. The van der Waals surface area contributed by atoms with Crippen molar-refractivity contribution >= 4 is 5.97 Å². The van der Waals surface area contributed by atoms with Crippen LogP contribution in [-0.2, 0) is 9.53 Å². The molecule has 0 aliphatic heterocycles. The molecule has 0 aromatic heterocycles. The summed E-state index contributed by atoms with van der Waals surface area (Å²) in [6.45, 7) is 2.20. The zero-order valence-electron chi connectivity index (χ0n) is 8.01. The Hall–Kier alpha value is -0.530. The van der Waals surface area contributed by atoms with Crippen LogP contribution in [0.15, 0.2) is 0 Å². The van der Waals surface area contributed by atoms with Crippen LogP contribution in [0.25, 0.3) is 0 Å². The molecule has 2 heteroatoms. The first-order chi connectivity index (χ1) is 5.77. The van der Waals surface area contributed by atoms with Crippen molar-refractivity contribution in [3.05, 3.63) is 0 Å². The number of unbranched alkanes of at least 4 members (excludes halogenated alkanes) is 1. The quantitative estimate of drug-likeness (QED) is 0.605. The van der Waals surface area contributed by atoms with Crippen LogP contribution in [0.3, 0.4) is 0 Å². The van der Waals surface area contributed by atoms with E-state index in [1.165, 1.54) is 26.4 Å². The van der Waals surface area contributed by atoms with Crippen molar-refractivity contribution in [1.29, 1.82) is 0 Å². The molecule has 0 unspecified atom stereocenters. The molecule has 1 fully saturated rings. The van der Waals surface area contributed by atoms with Gasteiger partial charge in [-0.25, -0.2) is 0 Å². The molecule has 0 amide bonds. The van der Waals surface area contributed by atoms with Crippen molar-refractivity contribution in [3.63, 3.8) is 0 Å². The van der Waals surface area contributed by atoms with E-state index in [-0.39, 0.29) is 11.9 Å². The van der Waals surface area contributed by atoms with Gasteiger partial charge in [-0.2, -0.15) is 0 Å². The van der Waals surface area contributed by atoms with Crippen molar-refractivity contribution in [2.75, 3.05) is 7.11 Å². The largest absolute Gasteiger partial charge is 0.469 e. The van der Waals surface area contributed by atoms with Gasteiger partial charge in [0.15, 0.2) is 0 Å².